The summed E-state index contributed by atoms with van der Waals surface area (Å²) in [6.07, 6.45) is 2.19. The molecule has 0 aliphatic heterocycles. The molecule has 5 nitrogen and oxygen atoms in total. The van der Waals surface area contributed by atoms with Crippen LogP contribution in [0.15, 0.2) is 24.0 Å². The number of carboxylic acids is 1. The molecule has 0 fully saturated rings. The van der Waals surface area contributed by atoms with Crippen LogP contribution in [0, 0.1) is 0 Å². The first-order valence-electron chi connectivity index (χ1n) is 3.54. The summed E-state index contributed by atoms with van der Waals surface area (Å²) in [5.41, 5.74) is -0.204. The lowest BCUT2D eigenvalue weighted by Gasteiger charge is -1.99. The molecular weight excluding hydrogens is 176 g/mol. The highest BCUT2D eigenvalue weighted by atomic mass is 16.5. The van der Waals surface area contributed by atoms with Crippen LogP contribution < -0.4 is 0 Å². The van der Waals surface area contributed by atoms with Crippen molar-refractivity contribution in [1.82, 2.24) is 0 Å². The molecule has 0 saturated heterocycles. The first kappa shape index (κ1) is 11.2. The van der Waals surface area contributed by atoms with E-state index in [2.05, 4.69) is 4.74 Å². The summed E-state index contributed by atoms with van der Waals surface area (Å²) >= 11 is 0. The van der Waals surface area contributed by atoms with E-state index in [1.54, 1.807) is 6.92 Å². The van der Waals surface area contributed by atoms with Crippen molar-refractivity contribution in [2.75, 3.05) is 6.61 Å². The number of aliphatic carboxylic acids is 1. The molecule has 0 saturated carbocycles. The van der Waals surface area contributed by atoms with Crippen molar-refractivity contribution in [2.45, 2.75) is 6.92 Å². The van der Waals surface area contributed by atoms with Crippen LogP contribution in [-0.4, -0.2) is 28.8 Å². The summed E-state index contributed by atoms with van der Waals surface area (Å²) < 4.78 is 4.52. The van der Waals surface area contributed by atoms with Gasteiger partial charge in [0.25, 0.3) is 0 Å². The SMILES string of the molecule is CCOC(=O)C(C=CC(=O)O)=CO. The lowest BCUT2D eigenvalue weighted by Crippen LogP contribution is -2.06. The molecule has 0 aromatic carbocycles. The standard InChI is InChI=1S/C8H10O5/c1-2-13-8(12)6(5-9)3-4-7(10)11/h3-5,9H,2H2,1H3,(H,10,11). The number of aliphatic hydroxyl groups is 1. The minimum atomic E-state index is -1.20. The maximum atomic E-state index is 10.9. The van der Waals surface area contributed by atoms with E-state index in [0.29, 0.717) is 6.26 Å². The van der Waals surface area contributed by atoms with Gasteiger partial charge >= 0.3 is 11.9 Å². The first-order chi connectivity index (χ1) is 6.11. The Balaban J connectivity index is 4.37. The maximum Gasteiger partial charge on any atom is 0.341 e. The largest absolute Gasteiger partial charge is 0.515 e. The van der Waals surface area contributed by atoms with Crippen LogP contribution >= 0.6 is 0 Å². The van der Waals surface area contributed by atoms with Crippen LogP contribution in [0.1, 0.15) is 6.92 Å². The van der Waals surface area contributed by atoms with Gasteiger partial charge < -0.3 is 14.9 Å². The van der Waals surface area contributed by atoms with Crippen LogP contribution in [0.4, 0.5) is 0 Å². The molecule has 72 valence electrons. The lowest BCUT2D eigenvalue weighted by molar-refractivity contribution is -0.138. The Morgan fingerprint density at radius 2 is 2.00 bits per heavy atom. The molecule has 5 heteroatoms. The quantitative estimate of drug-likeness (QED) is 0.291. The first-order valence-corrected chi connectivity index (χ1v) is 3.54. The van der Waals surface area contributed by atoms with Crippen molar-refractivity contribution in [2.24, 2.45) is 0 Å². The summed E-state index contributed by atoms with van der Waals surface area (Å²) in [6.45, 7) is 1.77. The van der Waals surface area contributed by atoms with E-state index >= 15 is 0 Å². The van der Waals surface area contributed by atoms with Crippen molar-refractivity contribution in [1.29, 1.82) is 0 Å². The molecule has 0 aliphatic carbocycles. The number of rotatable bonds is 4. The molecule has 0 spiro atoms. The van der Waals surface area contributed by atoms with E-state index in [0.717, 1.165) is 12.2 Å². The van der Waals surface area contributed by atoms with Gasteiger partial charge in [0, 0.05) is 6.08 Å². The number of aliphatic hydroxyl groups excluding tert-OH is 1. The third-order valence-electron chi connectivity index (χ3n) is 1.06. The average Bonchev–Trinajstić information content (AvgIpc) is 2.05. The number of hydrogen-bond acceptors (Lipinski definition) is 4. The van der Waals surface area contributed by atoms with Gasteiger partial charge in [-0.15, -0.1) is 0 Å². The molecule has 0 rings (SSSR count). The molecular formula is C8H10O5. The van der Waals surface area contributed by atoms with Gasteiger partial charge in [0.2, 0.25) is 0 Å². The monoisotopic (exact) mass is 186 g/mol. The molecule has 0 amide bonds. The van der Waals surface area contributed by atoms with Crippen LogP contribution in [0.5, 0.6) is 0 Å². The van der Waals surface area contributed by atoms with E-state index < -0.39 is 11.9 Å². The molecule has 0 aromatic rings. The molecule has 13 heavy (non-hydrogen) atoms. The number of carbonyl (C=O) groups is 2. The second-order valence-electron chi connectivity index (χ2n) is 1.98. The summed E-state index contributed by atoms with van der Waals surface area (Å²) in [5, 5.41) is 16.8. The van der Waals surface area contributed by atoms with Gasteiger partial charge in [-0.1, -0.05) is 0 Å². The summed E-state index contributed by atoms with van der Waals surface area (Å²) in [6, 6.07) is 0. The zero-order valence-corrected chi connectivity index (χ0v) is 7.06. The van der Waals surface area contributed by atoms with E-state index in [9.17, 15) is 9.59 Å². The van der Waals surface area contributed by atoms with Crippen LogP contribution in [0.3, 0.4) is 0 Å². The minimum Gasteiger partial charge on any atom is -0.515 e. The van der Waals surface area contributed by atoms with Crippen LogP contribution in [0.2, 0.25) is 0 Å². The average molecular weight is 186 g/mol. The van der Waals surface area contributed by atoms with Gasteiger partial charge in [-0.25, -0.2) is 9.59 Å². The van der Waals surface area contributed by atoms with Crippen LogP contribution in [0.25, 0.3) is 0 Å². The topological polar surface area (TPSA) is 83.8 Å². The van der Waals surface area contributed by atoms with Crippen LogP contribution in [-0.2, 0) is 14.3 Å². The van der Waals surface area contributed by atoms with Crippen molar-refractivity contribution >= 4 is 11.9 Å². The Morgan fingerprint density at radius 3 is 2.38 bits per heavy atom. The van der Waals surface area contributed by atoms with Crippen molar-refractivity contribution in [3.05, 3.63) is 24.0 Å². The third-order valence-corrected chi connectivity index (χ3v) is 1.06. The molecule has 0 aliphatic rings. The van der Waals surface area contributed by atoms with Crippen molar-refractivity contribution in [3.63, 3.8) is 0 Å². The van der Waals surface area contributed by atoms with Crippen molar-refractivity contribution < 1.29 is 24.5 Å². The zero-order valence-electron chi connectivity index (χ0n) is 7.06. The normalized spacial score (nSPS) is 11.6. The Hall–Kier alpha value is -1.78. The molecule has 0 aromatic heterocycles. The fourth-order valence-electron chi connectivity index (χ4n) is 0.539. The van der Waals surface area contributed by atoms with E-state index in [-0.39, 0.29) is 12.2 Å². The molecule has 0 radical (unpaired) electrons. The molecule has 0 unspecified atom stereocenters. The molecule has 0 atom stereocenters. The second-order valence-corrected chi connectivity index (χ2v) is 1.98. The molecule has 0 heterocycles. The van der Waals surface area contributed by atoms with E-state index in [1.807, 2.05) is 0 Å². The minimum absolute atomic E-state index is 0.164. The van der Waals surface area contributed by atoms with Gasteiger partial charge in [0.05, 0.1) is 18.4 Å². The van der Waals surface area contributed by atoms with Gasteiger partial charge in [0.15, 0.2) is 0 Å². The smallest absolute Gasteiger partial charge is 0.341 e. The summed E-state index contributed by atoms with van der Waals surface area (Å²) in [4.78, 5) is 20.9. The summed E-state index contributed by atoms with van der Waals surface area (Å²) in [5.74, 6) is -1.97. The Labute approximate surface area is 74.9 Å². The predicted octanol–water partition coefficient (Wildman–Crippen LogP) is 0.632. The highest BCUT2D eigenvalue weighted by Gasteiger charge is 2.06. The van der Waals surface area contributed by atoms with Crippen molar-refractivity contribution in [3.8, 4) is 0 Å². The molecule has 0 bridgehead atoms. The van der Waals surface area contributed by atoms with Gasteiger partial charge in [-0.2, -0.15) is 0 Å². The maximum absolute atomic E-state index is 10.9. The second kappa shape index (κ2) is 5.82. The van der Waals surface area contributed by atoms with E-state index in [4.69, 9.17) is 10.2 Å². The lowest BCUT2D eigenvalue weighted by atomic mass is 10.3. The Bertz CT molecular complexity index is 251. The number of ether oxygens (including phenoxy) is 1. The number of carboxylic acid groups (broad SMARTS) is 1. The van der Waals surface area contributed by atoms with Gasteiger partial charge in [-0.05, 0) is 13.0 Å². The fourth-order valence-corrected chi connectivity index (χ4v) is 0.539. The number of carbonyl (C=O) groups excluding carboxylic acids is 1. The highest BCUT2D eigenvalue weighted by Crippen LogP contribution is 1.99. The van der Waals surface area contributed by atoms with E-state index in [1.165, 1.54) is 0 Å². The van der Waals surface area contributed by atoms with Gasteiger partial charge in [0.1, 0.15) is 0 Å². The molecule has 2 N–H and O–H groups in total. The van der Waals surface area contributed by atoms with Gasteiger partial charge in [-0.3, -0.25) is 0 Å². The Kier molecular flexibility index (Phi) is 5.02. The zero-order chi connectivity index (χ0) is 10.3. The highest BCUT2D eigenvalue weighted by molar-refractivity contribution is 5.93. The Morgan fingerprint density at radius 1 is 1.38 bits per heavy atom. The fraction of sp³-hybridized carbons (Fsp3) is 0.250. The summed E-state index contributed by atoms with van der Waals surface area (Å²) in [7, 11) is 0. The predicted molar refractivity (Wildman–Crippen MR) is 44.1 cm³/mol. The number of esters is 1. The third kappa shape index (κ3) is 4.62. The number of hydrogen-bond donors (Lipinski definition) is 2.